The van der Waals surface area contributed by atoms with Crippen LogP contribution in [0.3, 0.4) is 0 Å². The normalized spacial score (nSPS) is 11.0. The van der Waals surface area contributed by atoms with Crippen molar-refractivity contribution in [3.05, 3.63) is 73.8 Å². The average molecular weight is 319 g/mol. The van der Waals surface area contributed by atoms with E-state index < -0.39 is 4.92 Å². The summed E-state index contributed by atoms with van der Waals surface area (Å²) in [5.74, 6) is 0. The van der Waals surface area contributed by atoms with Gasteiger partial charge in [0.1, 0.15) is 5.02 Å². The summed E-state index contributed by atoms with van der Waals surface area (Å²) in [6, 6.07) is 13.2. The number of rotatable bonds is 3. The molecule has 6 heteroatoms. The van der Waals surface area contributed by atoms with Gasteiger partial charge in [0.15, 0.2) is 0 Å². The Balaban J connectivity index is 2.46. The second kappa shape index (κ2) is 6.40. The molecule has 4 nitrogen and oxygen atoms in total. The Kier molecular flexibility index (Phi) is 4.59. The Morgan fingerprint density at radius 2 is 1.86 bits per heavy atom. The molecule has 0 aromatic heterocycles. The van der Waals surface area contributed by atoms with Crippen molar-refractivity contribution >= 4 is 40.5 Å². The van der Waals surface area contributed by atoms with Crippen LogP contribution in [0.15, 0.2) is 42.5 Å². The summed E-state index contributed by atoms with van der Waals surface area (Å²) >= 11 is 11.6. The highest BCUT2D eigenvalue weighted by Gasteiger charge is 2.12. The number of halogens is 2. The van der Waals surface area contributed by atoms with Crippen molar-refractivity contribution in [2.75, 3.05) is 0 Å². The van der Waals surface area contributed by atoms with Gasteiger partial charge in [0.05, 0.1) is 16.6 Å². The molecule has 2 rings (SSSR count). The fourth-order valence-corrected chi connectivity index (χ4v) is 2.05. The van der Waals surface area contributed by atoms with E-state index in [1.807, 2.05) is 0 Å². The predicted molar refractivity (Wildman–Crippen MR) is 83.0 cm³/mol. The summed E-state index contributed by atoms with van der Waals surface area (Å²) < 4.78 is 0. The van der Waals surface area contributed by atoms with Crippen LogP contribution in [-0.2, 0) is 0 Å². The Hall–Kier alpha value is -2.35. The molecule has 0 aliphatic rings. The molecule has 104 valence electrons. The van der Waals surface area contributed by atoms with Gasteiger partial charge in [-0.3, -0.25) is 10.1 Å². The van der Waals surface area contributed by atoms with Crippen LogP contribution in [0.4, 0.5) is 5.69 Å². The first-order valence-corrected chi connectivity index (χ1v) is 6.58. The number of benzene rings is 2. The number of hydrogen-bond donors (Lipinski definition) is 0. The van der Waals surface area contributed by atoms with E-state index in [1.54, 1.807) is 36.4 Å². The second-order valence-corrected chi connectivity index (χ2v) is 4.99. The number of nitro groups is 1. The van der Waals surface area contributed by atoms with E-state index in [2.05, 4.69) is 6.07 Å². The lowest BCUT2D eigenvalue weighted by atomic mass is 10.0. The number of nitriles is 1. The highest BCUT2D eigenvalue weighted by molar-refractivity contribution is 6.32. The zero-order chi connectivity index (χ0) is 15.4. The smallest absolute Gasteiger partial charge is 0.258 e. The third-order valence-electron chi connectivity index (χ3n) is 2.75. The van der Waals surface area contributed by atoms with Crippen molar-refractivity contribution in [3.63, 3.8) is 0 Å². The minimum absolute atomic E-state index is 0.0575. The largest absolute Gasteiger partial charge is 0.288 e. The molecule has 0 N–H and O–H groups in total. The third kappa shape index (κ3) is 3.60. The van der Waals surface area contributed by atoms with Gasteiger partial charge >= 0.3 is 0 Å². The van der Waals surface area contributed by atoms with E-state index in [0.717, 1.165) is 0 Å². The Morgan fingerprint density at radius 1 is 1.19 bits per heavy atom. The molecule has 2 aromatic carbocycles. The minimum Gasteiger partial charge on any atom is -0.258 e. The van der Waals surface area contributed by atoms with Crippen LogP contribution in [0.5, 0.6) is 0 Å². The van der Waals surface area contributed by atoms with Gasteiger partial charge in [-0.25, -0.2) is 0 Å². The molecule has 0 fully saturated rings. The molecule has 2 aromatic rings. The highest BCUT2D eigenvalue weighted by atomic mass is 35.5. The molecular weight excluding hydrogens is 311 g/mol. The first-order valence-electron chi connectivity index (χ1n) is 5.83. The lowest BCUT2D eigenvalue weighted by molar-refractivity contribution is -0.384. The molecule has 0 amide bonds. The Bertz CT molecular complexity index is 762. The van der Waals surface area contributed by atoms with Gasteiger partial charge < -0.3 is 0 Å². The molecule has 0 spiro atoms. The van der Waals surface area contributed by atoms with E-state index in [-0.39, 0.29) is 10.7 Å². The fraction of sp³-hybridized carbons (Fsp3) is 0. The van der Waals surface area contributed by atoms with E-state index >= 15 is 0 Å². The summed E-state index contributed by atoms with van der Waals surface area (Å²) in [4.78, 5) is 10.3. The third-order valence-corrected chi connectivity index (χ3v) is 3.33. The minimum atomic E-state index is -0.561. The highest BCUT2D eigenvalue weighted by Crippen LogP contribution is 2.27. The molecule has 0 atom stereocenters. The Morgan fingerprint density at radius 3 is 2.43 bits per heavy atom. The molecular formula is C15H8Cl2N2O2. The molecule has 0 aliphatic carbocycles. The maximum absolute atomic E-state index is 10.9. The van der Waals surface area contributed by atoms with Crippen molar-refractivity contribution in [2.45, 2.75) is 0 Å². The van der Waals surface area contributed by atoms with E-state index in [1.165, 1.54) is 12.1 Å². The molecule has 21 heavy (non-hydrogen) atoms. The number of nitrogens with zero attached hydrogens (tertiary/aromatic N) is 2. The van der Waals surface area contributed by atoms with Crippen molar-refractivity contribution < 1.29 is 4.92 Å². The van der Waals surface area contributed by atoms with Crippen LogP contribution in [0, 0.1) is 21.4 Å². The lowest BCUT2D eigenvalue weighted by Crippen LogP contribution is -1.90. The van der Waals surface area contributed by atoms with E-state index in [0.29, 0.717) is 21.7 Å². The number of allylic oxidation sites excluding steroid dienone is 1. The van der Waals surface area contributed by atoms with Crippen molar-refractivity contribution in [2.24, 2.45) is 0 Å². The van der Waals surface area contributed by atoms with Crippen molar-refractivity contribution in [1.29, 1.82) is 5.26 Å². The van der Waals surface area contributed by atoms with Crippen LogP contribution < -0.4 is 0 Å². The monoisotopic (exact) mass is 318 g/mol. The molecule has 0 unspecified atom stereocenters. The summed E-state index contributed by atoms with van der Waals surface area (Å²) in [7, 11) is 0. The van der Waals surface area contributed by atoms with E-state index in [9.17, 15) is 15.4 Å². The van der Waals surface area contributed by atoms with Gasteiger partial charge in [-0.05, 0) is 35.4 Å². The molecule has 0 saturated carbocycles. The molecule has 0 aliphatic heterocycles. The molecule has 0 heterocycles. The quantitative estimate of drug-likeness (QED) is 0.347. The van der Waals surface area contributed by atoms with Crippen LogP contribution in [0.2, 0.25) is 10.0 Å². The number of nitro benzene ring substituents is 1. The zero-order valence-corrected chi connectivity index (χ0v) is 12.1. The van der Waals surface area contributed by atoms with Crippen molar-refractivity contribution in [1.82, 2.24) is 0 Å². The maximum Gasteiger partial charge on any atom is 0.288 e. The van der Waals surface area contributed by atoms with Crippen LogP contribution in [0.1, 0.15) is 11.1 Å². The topological polar surface area (TPSA) is 66.9 Å². The lowest BCUT2D eigenvalue weighted by Gasteiger charge is -2.01. The zero-order valence-electron chi connectivity index (χ0n) is 10.6. The SMILES string of the molecule is N#C/C(=C/c1ccc(Cl)c([N+](=O)[O-])c1)c1ccc(Cl)cc1. The summed E-state index contributed by atoms with van der Waals surface area (Å²) in [5.41, 5.74) is 1.39. The van der Waals surface area contributed by atoms with Crippen LogP contribution in [0.25, 0.3) is 11.6 Å². The first-order chi connectivity index (χ1) is 10.0. The fourth-order valence-electron chi connectivity index (χ4n) is 1.74. The Labute approximate surface area is 131 Å². The van der Waals surface area contributed by atoms with Gasteiger partial charge in [0, 0.05) is 11.1 Å². The van der Waals surface area contributed by atoms with Gasteiger partial charge in [-0.1, -0.05) is 41.4 Å². The van der Waals surface area contributed by atoms with Crippen molar-refractivity contribution in [3.8, 4) is 6.07 Å². The van der Waals surface area contributed by atoms with Gasteiger partial charge in [-0.15, -0.1) is 0 Å². The number of hydrogen-bond acceptors (Lipinski definition) is 3. The maximum atomic E-state index is 10.9. The van der Waals surface area contributed by atoms with E-state index in [4.69, 9.17) is 23.2 Å². The van der Waals surface area contributed by atoms with Gasteiger partial charge in [0.25, 0.3) is 5.69 Å². The van der Waals surface area contributed by atoms with Crippen LogP contribution >= 0.6 is 23.2 Å². The predicted octanol–water partition coefficient (Wildman–Crippen LogP) is 4.97. The van der Waals surface area contributed by atoms with Crippen LogP contribution in [-0.4, -0.2) is 4.92 Å². The molecule has 0 saturated heterocycles. The standard InChI is InChI=1S/C15H8Cl2N2O2/c16-13-4-2-11(3-5-13)12(9-18)7-10-1-6-14(17)15(8-10)19(20)21/h1-8H/b12-7-. The summed E-state index contributed by atoms with van der Waals surface area (Å²) in [6.07, 6.45) is 1.56. The van der Waals surface area contributed by atoms with Gasteiger partial charge in [0.2, 0.25) is 0 Å². The second-order valence-electron chi connectivity index (χ2n) is 4.14. The average Bonchev–Trinajstić information content (AvgIpc) is 2.47. The summed E-state index contributed by atoms with van der Waals surface area (Å²) in [6.45, 7) is 0. The van der Waals surface area contributed by atoms with Gasteiger partial charge in [-0.2, -0.15) is 5.26 Å². The molecule has 0 radical (unpaired) electrons. The molecule has 0 bridgehead atoms. The first kappa shape index (κ1) is 15.0. The summed E-state index contributed by atoms with van der Waals surface area (Å²) in [5, 5.41) is 20.7.